The number of thiophene rings is 1. The van der Waals surface area contributed by atoms with E-state index in [0.29, 0.717) is 54.2 Å². The number of carbonyl (C=O) groups excluding carboxylic acids is 2. The maximum Gasteiger partial charge on any atom is 0.412 e. The van der Waals surface area contributed by atoms with Crippen molar-refractivity contribution in [3.05, 3.63) is 40.2 Å². The SMILES string of the molecule is [B]C(C)CNC1CCN(c2nc(NC3CCCN(C)C3=O)c3c4c(c(-c5ccc(F)c6sc(NC(=O)OC(C)(C)C)c(C#N)c56)c(CC)c3n2)COC4)[C@H]1C. The second kappa shape index (κ2) is 15.2. The first-order valence-electron chi connectivity index (χ1n) is 19.1. The Hall–Kier alpha value is -4.52. The number of likely N-dealkylation sites (N-methyl/N-ethyl adjacent to an activating group) is 1. The molecule has 3 aliphatic heterocycles. The topological polar surface area (TPSA) is 145 Å². The number of nitrogens with one attached hydrogen (secondary N) is 3. The van der Waals surface area contributed by atoms with Gasteiger partial charge in [-0.25, -0.2) is 14.2 Å². The highest BCUT2D eigenvalue weighted by molar-refractivity contribution is 7.23. The normalized spacial score (nSPS) is 20.6. The maximum atomic E-state index is 15.7. The van der Waals surface area contributed by atoms with Gasteiger partial charge in [-0.15, -0.1) is 11.3 Å². The largest absolute Gasteiger partial charge is 0.444 e. The number of likely N-dealkylation sites (tertiary alicyclic amines) is 1. The van der Waals surface area contributed by atoms with E-state index in [1.807, 2.05) is 14.0 Å². The molecule has 7 rings (SSSR count). The third kappa shape index (κ3) is 7.32. The summed E-state index contributed by atoms with van der Waals surface area (Å²) in [5.74, 6) is 0.655. The van der Waals surface area contributed by atoms with Crippen LogP contribution < -0.4 is 20.9 Å². The van der Waals surface area contributed by atoms with Crippen molar-refractivity contribution in [2.75, 3.05) is 42.2 Å². The van der Waals surface area contributed by atoms with Crippen molar-refractivity contribution in [3.8, 4) is 17.2 Å². The zero-order valence-corrected chi connectivity index (χ0v) is 33.4. The molecule has 2 fully saturated rings. The fourth-order valence-corrected chi connectivity index (χ4v) is 9.23. The van der Waals surface area contributed by atoms with Crippen LogP contribution in [0.5, 0.6) is 0 Å². The van der Waals surface area contributed by atoms with Gasteiger partial charge in [-0.2, -0.15) is 10.2 Å². The van der Waals surface area contributed by atoms with Crippen molar-refractivity contribution >= 4 is 68.9 Å². The van der Waals surface area contributed by atoms with Crippen molar-refractivity contribution in [2.24, 2.45) is 0 Å². The highest BCUT2D eigenvalue weighted by atomic mass is 32.1. The van der Waals surface area contributed by atoms with E-state index in [4.69, 9.17) is 27.3 Å². The average molecular weight is 767 g/mol. The quantitative estimate of drug-likeness (QED) is 0.152. The van der Waals surface area contributed by atoms with Crippen LogP contribution in [0.25, 0.3) is 32.1 Å². The van der Waals surface area contributed by atoms with E-state index in [0.717, 1.165) is 58.4 Å². The standard InChI is InChI=1S/C40H48BFN8O4S/c1-8-22-30(23-11-12-27(42)34-31(23)24(16-43)36(55-34)48-39(52)54-40(4,5)6)25-18-53-19-26(25)32-33(22)46-38(50-15-13-28(21(50)3)44-17-20(2)41)47-35(32)45-29-10-9-14-49(7)37(29)51/h11-12,20-21,28-29,44H,8-10,13-15,17-19H2,1-7H3,(H,48,52)(H,45,46,47)/t20?,21-,28?,29?/m0/s1. The van der Waals surface area contributed by atoms with Crippen molar-refractivity contribution in [3.63, 3.8) is 0 Å². The zero-order chi connectivity index (χ0) is 39.3. The summed E-state index contributed by atoms with van der Waals surface area (Å²) in [5, 5.41) is 21.8. The molecule has 3 N–H and O–H groups in total. The van der Waals surface area contributed by atoms with Gasteiger partial charge in [-0.3, -0.25) is 10.1 Å². The summed E-state index contributed by atoms with van der Waals surface area (Å²) < 4.78 is 27.6. The number of fused-ring (bicyclic) bond motifs is 4. The van der Waals surface area contributed by atoms with Gasteiger partial charge < -0.3 is 29.9 Å². The van der Waals surface area contributed by atoms with Gasteiger partial charge in [0.2, 0.25) is 11.9 Å². The third-order valence-corrected chi connectivity index (χ3v) is 11.9. The monoisotopic (exact) mass is 766 g/mol. The number of ether oxygens (including phenoxy) is 2. The van der Waals surface area contributed by atoms with Crippen molar-refractivity contribution < 1.29 is 23.5 Å². The van der Waals surface area contributed by atoms with E-state index in [9.17, 15) is 14.9 Å². The molecule has 2 aromatic carbocycles. The van der Waals surface area contributed by atoms with Crippen molar-refractivity contribution in [1.29, 1.82) is 5.26 Å². The minimum atomic E-state index is -0.770. The van der Waals surface area contributed by atoms with Crippen LogP contribution in [0.3, 0.4) is 0 Å². The van der Waals surface area contributed by atoms with Gasteiger partial charge in [-0.1, -0.05) is 25.7 Å². The summed E-state index contributed by atoms with van der Waals surface area (Å²) in [6.45, 7) is 14.1. The molecule has 0 saturated carbocycles. The number of nitrogens with zero attached hydrogens (tertiary/aromatic N) is 5. The molecular formula is C40H48BFN8O4S. The highest BCUT2D eigenvalue weighted by Gasteiger charge is 2.36. The van der Waals surface area contributed by atoms with E-state index in [1.165, 1.54) is 6.07 Å². The number of nitriles is 1. The number of anilines is 3. The van der Waals surface area contributed by atoms with Crippen molar-refractivity contribution in [2.45, 2.75) is 110 Å². The van der Waals surface area contributed by atoms with E-state index >= 15 is 4.39 Å². The number of halogens is 1. The number of benzene rings is 2. The minimum absolute atomic E-state index is 0.0143. The summed E-state index contributed by atoms with van der Waals surface area (Å²) in [6.07, 6.45) is 2.24. The number of hydrogen-bond acceptors (Lipinski definition) is 11. The fourth-order valence-electron chi connectivity index (χ4n) is 8.17. The van der Waals surface area contributed by atoms with Gasteiger partial charge in [0.25, 0.3) is 0 Å². The fraction of sp³-hybridized carbons (Fsp3) is 0.525. The zero-order valence-electron chi connectivity index (χ0n) is 32.6. The number of hydrogen-bond donors (Lipinski definition) is 3. The van der Waals surface area contributed by atoms with Crippen LogP contribution in [-0.2, 0) is 33.9 Å². The molecule has 0 bridgehead atoms. The van der Waals surface area contributed by atoms with Crippen LogP contribution in [0.15, 0.2) is 12.1 Å². The van der Waals surface area contributed by atoms with Crippen LogP contribution in [0.1, 0.15) is 83.1 Å². The highest BCUT2D eigenvalue weighted by Crippen LogP contribution is 2.49. The first-order chi connectivity index (χ1) is 26.2. The van der Waals surface area contributed by atoms with Gasteiger partial charge >= 0.3 is 6.09 Å². The lowest BCUT2D eigenvalue weighted by molar-refractivity contribution is -0.132. The number of carbonyl (C=O) groups is 2. The number of rotatable bonds is 9. The first kappa shape index (κ1) is 38.7. The molecule has 3 unspecified atom stereocenters. The average Bonchev–Trinajstić information content (AvgIpc) is 3.85. The van der Waals surface area contributed by atoms with Gasteiger partial charge in [-0.05, 0) is 93.8 Å². The molecule has 2 aromatic heterocycles. The molecular weight excluding hydrogens is 718 g/mol. The van der Waals surface area contributed by atoms with Gasteiger partial charge in [0, 0.05) is 43.0 Å². The predicted molar refractivity (Wildman–Crippen MR) is 215 cm³/mol. The summed E-state index contributed by atoms with van der Waals surface area (Å²) in [4.78, 5) is 40.8. The second-order valence-electron chi connectivity index (χ2n) is 15.9. The Bertz CT molecular complexity index is 2220. The number of aryl methyl sites for hydroxylation is 1. The number of aromatic nitrogens is 2. The van der Waals surface area contributed by atoms with E-state index in [2.05, 4.69) is 40.8 Å². The molecule has 0 aliphatic carbocycles. The Morgan fingerprint density at radius 3 is 2.67 bits per heavy atom. The Labute approximate surface area is 326 Å². The number of amides is 2. The van der Waals surface area contributed by atoms with Crippen LogP contribution >= 0.6 is 11.3 Å². The molecule has 55 heavy (non-hydrogen) atoms. The molecule has 2 radical (unpaired) electrons. The molecule has 4 atom stereocenters. The van der Waals surface area contributed by atoms with Gasteiger partial charge in [0.05, 0.1) is 36.8 Å². The van der Waals surface area contributed by atoms with Crippen LogP contribution in [-0.4, -0.2) is 85.1 Å². The Kier molecular flexibility index (Phi) is 10.7. The summed E-state index contributed by atoms with van der Waals surface area (Å²) >= 11 is 1.00. The lowest BCUT2D eigenvalue weighted by atomic mass is 9.86. The van der Waals surface area contributed by atoms with Crippen LogP contribution in [0.2, 0.25) is 5.82 Å². The molecule has 3 aliphatic rings. The predicted octanol–water partition coefficient (Wildman–Crippen LogP) is 7.03. The smallest absolute Gasteiger partial charge is 0.412 e. The Balaban J connectivity index is 1.45. The van der Waals surface area contributed by atoms with Crippen molar-refractivity contribution in [1.82, 2.24) is 20.2 Å². The van der Waals surface area contributed by atoms with Gasteiger partial charge in [0.15, 0.2) is 0 Å². The minimum Gasteiger partial charge on any atom is -0.444 e. The molecule has 4 aromatic rings. The summed E-state index contributed by atoms with van der Waals surface area (Å²) in [6, 6.07) is 5.15. The van der Waals surface area contributed by atoms with Crippen LogP contribution in [0.4, 0.5) is 26.0 Å². The Morgan fingerprint density at radius 2 is 1.96 bits per heavy atom. The second-order valence-corrected chi connectivity index (χ2v) is 16.9. The molecule has 15 heteroatoms. The molecule has 2 amide bonds. The van der Waals surface area contributed by atoms with E-state index < -0.39 is 23.6 Å². The van der Waals surface area contributed by atoms with Crippen LogP contribution in [0, 0.1) is 17.1 Å². The lowest BCUT2D eigenvalue weighted by Crippen LogP contribution is -2.45. The molecule has 5 heterocycles. The summed E-state index contributed by atoms with van der Waals surface area (Å²) in [5.41, 5.74) is 4.23. The van der Waals surface area contributed by atoms with E-state index in [-0.39, 0.29) is 52.3 Å². The lowest BCUT2D eigenvalue weighted by Gasteiger charge is -2.31. The molecule has 2 saturated heterocycles. The Morgan fingerprint density at radius 1 is 1.20 bits per heavy atom. The van der Waals surface area contributed by atoms with E-state index in [1.54, 1.807) is 31.7 Å². The first-order valence-corrected chi connectivity index (χ1v) is 19.9. The third-order valence-electron chi connectivity index (χ3n) is 10.8. The molecule has 288 valence electrons. The van der Waals surface area contributed by atoms with Gasteiger partial charge in [0.1, 0.15) is 34.3 Å². The summed E-state index contributed by atoms with van der Waals surface area (Å²) in [7, 11) is 7.91. The molecule has 0 spiro atoms. The number of piperidine rings is 1. The maximum absolute atomic E-state index is 15.7. The molecule has 12 nitrogen and oxygen atoms in total.